The van der Waals surface area contributed by atoms with Crippen LogP contribution in [-0.2, 0) is 13.1 Å². The molecule has 1 heterocycles. The van der Waals surface area contributed by atoms with Crippen LogP contribution in [0.25, 0.3) is 0 Å². The van der Waals surface area contributed by atoms with E-state index in [1.54, 1.807) is 6.26 Å². The van der Waals surface area contributed by atoms with E-state index in [0.29, 0.717) is 12.6 Å². The Hall–Kier alpha value is -0.800. The molecule has 3 heteroatoms. The average Bonchev–Trinajstić information content (AvgIpc) is 2.76. The van der Waals surface area contributed by atoms with Gasteiger partial charge < -0.3 is 10.2 Å². The van der Waals surface area contributed by atoms with Gasteiger partial charge in [-0.3, -0.25) is 4.90 Å². The molecule has 1 saturated carbocycles. The van der Waals surface area contributed by atoms with Crippen molar-refractivity contribution in [1.29, 1.82) is 0 Å². The Morgan fingerprint density at radius 2 is 2.29 bits per heavy atom. The van der Waals surface area contributed by atoms with Crippen LogP contribution in [0.2, 0.25) is 0 Å². The van der Waals surface area contributed by atoms with Gasteiger partial charge in [0.05, 0.1) is 12.8 Å². The predicted octanol–water partition coefficient (Wildman–Crippen LogP) is 2.75. The Labute approximate surface area is 104 Å². The van der Waals surface area contributed by atoms with Gasteiger partial charge in [-0.25, -0.2) is 0 Å². The molecular weight excluding hydrogens is 212 g/mol. The minimum atomic E-state index is 0.570. The molecule has 1 aliphatic rings. The molecule has 1 aliphatic carbocycles. The van der Waals surface area contributed by atoms with Crippen molar-refractivity contribution in [3.8, 4) is 0 Å². The van der Waals surface area contributed by atoms with Crippen LogP contribution >= 0.6 is 0 Å². The van der Waals surface area contributed by atoms with Crippen LogP contribution in [0.4, 0.5) is 0 Å². The van der Waals surface area contributed by atoms with E-state index in [0.717, 1.165) is 23.8 Å². The highest BCUT2D eigenvalue weighted by Gasteiger charge is 2.23. The van der Waals surface area contributed by atoms with Gasteiger partial charge in [-0.1, -0.05) is 19.8 Å². The van der Waals surface area contributed by atoms with E-state index < -0.39 is 0 Å². The third-order valence-corrected chi connectivity index (χ3v) is 3.98. The minimum Gasteiger partial charge on any atom is -0.468 e. The largest absolute Gasteiger partial charge is 0.468 e. The lowest BCUT2D eigenvalue weighted by Gasteiger charge is -2.33. The molecule has 2 N–H and O–H groups in total. The molecule has 0 radical (unpaired) electrons. The molecule has 0 aliphatic heterocycles. The van der Waals surface area contributed by atoms with Gasteiger partial charge in [0, 0.05) is 18.2 Å². The fourth-order valence-corrected chi connectivity index (χ4v) is 2.85. The molecule has 2 rings (SSSR count). The van der Waals surface area contributed by atoms with Crippen molar-refractivity contribution in [2.24, 2.45) is 11.7 Å². The summed E-state index contributed by atoms with van der Waals surface area (Å²) in [7, 11) is 2.20. The van der Waals surface area contributed by atoms with Crippen LogP contribution in [0, 0.1) is 5.92 Å². The summed E-state index contributed by atoms with van der Waals surface area (Å²) in [5, 5.41) is 0. The van der Waals surface area contributed by atoms with Gasteiger partial charge >= 0.3 is 0 Å². The molecule has 96 valence electrons. The Morgan fingerprint density at radius 3 is 3.00 bits per heavy atom. The number of furan rings is 1. The Bertz CT molecular complexity index is 348. The zero-order chi connectivity index (χ0) is 12.3. The Balaban J connectivity index is 1.94. The first-order valence-electron chi connectivity index (χ1n) is 6.66. The third kappa shape index (κ3) is 3.11. The van der Waals surface area contributed by atoms with Gasteiger partial charge in [0.2, 0.25) is 0 Å². The summed E-state index contributed by atoms with van der Waals surface area (Å²) in [6.07, 6.45) is 7.13. The lowest BCUT2D eigenvalue weighted by atomic mass is 9.86. The molecule has 0 spiro atoms. The molecule has 2 atom stereocenters. The van der Waals surface area contributed by atoms with E-state index in [4.69, 9.17) is 10.2 Å². The number of hydrogen-bond donors (Lipinski definition) is 1. The van der Waals surface area contributed by atoms with Crippen molar-refractivity contribution in [2.75, 3.05) is 7.05 Å². The molecule has 0 aromatic carbocycles. The smallest absolute Gasteiger partial charge is 0.122 e. The molecule has 0 bridgehead atoms. The first-order chi connectivity index (χ1) is 8.20. The van der Waals surface area contributed by atoms with E-state index in [1.807, 2.05) is 6.07 Å². The van der Waals surface area contributed by atoms with Gasteiger partial charge in [0.1, 0.15) is 5.76 Å². The van der Waals surface area contributed by atoms with Gasteiger partial charge in [-0.15, -0.1) is 0 Å². The van der Waals surface area contributed by atoms with E-state index in [-0.39, 0.29) is 0 Å². The number of nitrogens with two attached hydrogens (primary N) is 1. The monoisotopic (exact) mass is 236 g/mol. The summed E-state index contributed by atoms with van der Waals surface area (Å²) in [6.45, 7) is 3.82. The molecule has 0 amide bonds. The summed E-state index contributed by atoms with van der Waals surface area (Å²) >= 11 is 0. The highest BCUT2D eigenvalue weighted by molar-refractivity contribution is 5.16. The van der Waals surface area contributed by atoms with Crippen LogP contribution in [0.3, 0.4) is 0 Å². The number of rotatable bonds is 4. The summed E-state index contributed by atoms with van der Waals surface area (Å²) < 4.78 is 5.52. The predicted molar refractivity (Wildman–Crippen MR) is 69.5 cm³/mol. The van der Waals surface area contributed by atoms with Gasteiger partial charge in [0.25, 0.3) is 0 Å². The number of hydrogen-bond acceptors (Lipinski definition) is 3. The fraction of sp³-hybridized carbons (Fsp3) is 0.714. The van der Waals surface area contributed by atoms with E-state index in [2.05, 4.69) is 18.9 Å². The molecule has 1 aromatic rings. The van der Waals surface area contributed by atoms with Crippen molar-refractivity contribution in [1.82, 2.24) is 4.90 Å². The van der Waals surface area contributed by atoms with Gasteiger partial charge in [0.15, 0.2) is 0 Å². The highest BCUT2D eigenvalue weighted by atomic mass is 16.3. The van der Waals surface area contributed by atoms with Crippen molar-refractivity contribution in [3.05, 3.63) is 23.7 Å². The molecule has 0 saturated heterocycles. The van der Waals surface area contributed by atoms with Crippen LogP contribution < -0.4 is 5.73 Å². The van der Waals surface area contributed by atoms with Gasteiger partial charge in [-0.05, 0) is 31.9 Å². The van der Waals surface area contributed by atoms with E-state index >= 15 is 0 Å². The maximum Gasteiger partial charge on any atom is 0.122 e. The molecule has 2 unspecified atom stereocenters. The van der Waals surface area contributed by atoms with Crippen LogP contribution in [0.15, 0.2) is 16.7 Å². The van der Waals surface area contributed by atoms with Crippen LogP contribution in [0.5, 0.6) is 0 Å². The lowest BCUT2D eigenvalue weighted by Crippen LogP contribution is -2.35. The second-order valence-corrected chi connectivity index (χ2v) is 5.41. The topological polar surface area (TPSA) is 42.4 Å². The standard InChI is InChI=1S/C14H24N2O/c1-11-4-3-5-13(8-11)16(2)10-14-12(9-15)6-7-17-14/h6-7,11,13H,3-5,8-10,15H2,1-2H3. The zero-order valence-corrected chi connectivity index (χ0v) is 11.0. The van der Waals surface area contributed by atoms with Crippen molar-refractivity contribution >= 4 is 0 Å². The maximum atomic E-state index is 5.69. The SMILES string of the molecule is CC1CCCC(N(C)Cc2occc2CN)C1. The first-order valence-corrected chi connectivity index (χ1v) is 6.66. The molecule has 3 nitrogen and oxygen atoms in total. The normalized spacial score (nSPS) is 25.4. The van der Waals surface area contributed by atoms with Crippen LogP contribution in [0.1, 0.15) is 43.9 Å². The molecule has 17 heavy (non-hydrogen) atoms. The highest BCUT2D eigenvalue weighted by Crippen LogP contribution is 2.27. The summed E-state index contributed by atoms with van der Waals surface area (Å²) in [5.41, 5.74) is 6.83. The second-order valence-electron chi connectivity index (χ2n) is 5.41. The second kappa shape index (κ2) is 5.69. The summed E-state index contributed by atoms with van der Waals surface area (Å²) in [5.74, 6) is 1.90. The first kappa shape index (κ1) is 12.7. The maximum absolute atomic E-state index is 5.69. The summed E-state index contributed by atoms with van der Waals surface area (Å²) in [6, 6.07) is 2.68. The molecule has 1 aromatic heterocycles. The molecule has 1 fully saturated rings. The Morgan fingerprint density at radius 1 is 1.47 bits per heavy atom. The number of nitrogens with zero attached hydrogens (tertiary/aromatic N) is 1. The van der Waals surface area contributed by atoms with E-state index in [9.17, 15) is 0 Å². The van der Waals surface area contributed by atoms with Crippen molar-refractivity contribution in [3.63, 3.8) is 0 Å². The van der Waals surface area contributed by atoms with Gasteiger partial charge in [-0.2, -0.15) is 0 Å². The van der Waals surface area contributed by atoms with E-state index in [1.165, 1.54) is 25.7 Å². The Kier molecular flexibility index (Phi) is 4.24. The zero-order valence-electron chi connectivity index (χ0n) is 11.0. The molecular formula is C14H24N2O. The third-order valence-electron chi connectivity index (χ3n) is 3.98. The summed E-state index contributed by atoms with van der Waals surface area (Å²) in [4.78, 5) is 2.42. The lowest BCUT2D eigenvalue weighted by molar-refractivity contribution is 0.148. The van der Waals surface area contributed by atoms with Crippen molar-refractivity contribution < 1.29 is 4.42 Å². The van der Waals surface area contributed by atoms with Crippen LogP contribution in [-0.4, -0.2) is 18.0 Å². The quantitative estimate of drug-likeness (QED) is 0.874. The average molecular weight is 236 g/mol. The minimum absolute atomic E-state index is 0.570. The van der Waals surface area contributed by atoms with Crippen molar-refractivity contribution in [2.45, 2.75) is 51.7 Å². The fourth-order valence-electron chi connectivity index (χ4n) is 2.85.